The van der Waals surface area contributed by atoms with Gasteiger partial charge in [0.2, 0.25) is 0 Å². The molecule has 2 unspecified atom stereocenters. The Kier molecular flexibility index (Phi) is 4.72. The number of nitrogens with one attached hydrogen (secondary N) is 1. The van der Waals surface area contributed by atoms with Crippen molar-refractivity contribution in [2.45, 2.75) is 31.7 Å². The molecular weight excluding hydrogens is 295 g/mol. The molecule has 114 valence electrons. The van der Waals surface area contributed by atoms with Crippen LogP contribution in [0, 0.1) is 12.7 Å². The van der Waals surface area contributed by atoms with Crippen molar-refractivity contribution in [3.05, 3.63) is 29.6 Å². The number of carboxylic acid groups (broad SMARTS) is 1. The Bertz CT molecular complexity index is 547. The van der Waals surface area contributed by atoms with Gasteiger partial charge in [-0.3, -0.25) is 4.90 Å². The molecule has 1 fully saturated rings. The Hall–Kier alpha value is -1.76. The number of urea groups is 1. The van der Waals surface area contributed by atoms with Gasteiger partial charge in [-0.05, 0) is 25.0 Å². The van der Waals surface area contributed by atoms with Gasteiger partial charge in [-0.15, -0.1) is 11.8 Å². The van der Waals surface area contributed by atoms with Crippen molar-refractivity contribution in [3.8, 4) is 0 Å². The average Bonchev–Trinajstić information content (AvgIpc) is 2.87. The number of hydrogen-bond donors (Lipinski definition) is 2. The minimum absolute atomic E-state index is 0.0957. The van der Waals surface area contributed by atoms with Crippen LogP contribution in [0.15, 0.2) is 18.2 Å². The third-order valence-corrected chi connectivity index (χ3v) is 4.87. The van der Waals surface area contributed by atoms with E-state index in [4.69, 9.17) is 0 Å². The Morgan fingerprint density at radius 2 is 2.24 bits per heavy atom. The maximum atomic E-state index is 13.8. The SMILES string of the molecule is CCC1SCC(C(=O)O)N1C(=O)Nc1c(C)cccc1F. The van der Waals surface area contributed by atoms with E-state index in [2.05, 4.69) is 5.32 Å². The van der Waals surface area contributed by atoms with Crippen molar-refractivity contribution in [2.24, 2.45) is 0 Å². The molecule has 2 N–H and O–H groups in total. The summed E-state index contributed by atoms with van der Waals surface area (Å²) in [7, 11) is 0. The predicted octanol–water partition coefficient (Wildman–Crippen LogP) is 2.90. The van der Waals surface area contributed by atoms with Crippen molar-refractivity contribution in [3.63, 3.8) is 0 Å². The summed E-state index contributed by atoms with van der Waals surface area (Å²) in [4.78, 5) is 24.9. The summed E-state index contributed by atoms with van der Waals surface area (Å²) >= 11 is 1.42. The van der Waals surface area contributed by atoms with Gasteiger partial charge in [0.25, 0.3) is 0 Å². The smallest absolute Gasteiger partial charge is 0.327 e. The molecule has 1 aromatic carbocycles. The molecule has 1 aliphatic rings. The zero-order valence-electron chi connectivity index (χ0n) is 11.8. The molecule has 21 heavy (non-hydrogen) atoms. The first-order valence-electron chi connectivity index (χ1n) is 6.64. The van der Waals surface area contributed by atoms with Crippen molar-refractivity contribution in [2.75, 3.05) is 11.1 Å². The minimum atomic E-state index is -1.04. The van der Waals surface area contributed by atoms with Crippen molar-refractivity contribution in [1.29, 1.82) is 0 Å². The molecule has 5 nitrogen and oxygen atoms in total. The first-order chi connectivity index (χ1) is 9.95. The summed E-state index contributed by atoms with van der Waals surface area (Å²) in [5.74, 6) is -1.23. The number of amides is 2. The number of thioether (sulfide) groups is 1. The number of aliphatic carboxylic acids is 1. The Morgan fingerprint density at radius 3 is 2.81 bits per heavy atom. The lowest BCUT2D eigenvalue weighted by Gasteiger charge is -2.27. The number of rotatable bonds is 3. The summed E-state index contributed by atoms with van der Waals surface area (Å²) in [6.45, 7) is 3.57. The van der Waals surface area contributed by atoms with E-state index in [1.165, 1.54) is 22.7 Å². The summed E-state index contributed by atoms with van der Waals surface area (Å²) in [5, 5.41) is 11.5. The Balaban J connectivity index is 2.23. The maximum Gasteiger partial charge on any atom is 0.327 e. The van der Waals surface area contributed by atoms with E-state index in [9.17, 15) is 19.1 Å². The molecule has 7 heteroatoms. The highest BCUT2D eigenvalue weighted by Crippen LogP contribution is 2.32. The number of hydrogen-bond acceptors (Lipinski definition) is 3. The highest BCUT2D eigenvalue weighted by Gasteiger charge is 2.41. The van der Waals surface area contributed by atoms with E-state index in [0.29, 0.717) is 17.7 Å². The van der Waals surface area contributed by atoms with E-state index < -0.39 is 23.9 Å². The van der Waals surface area contributed by atoms with Crippen LogP contribution >= 0.6 is 11.8 Å². The van der Waals surface area contributed by atoms with Crippen LogP contribution in [0.5, 0.6) is 0 Å². The average molecular weight is 312 g/mol. The molecule has 1 aliphatic heterocycles. The maximum absolute atomic E-state index is 13.8. The highest BCUT2D eigenvalue weighted by molar-refractivity contribution is 8.00. The molecule has 0 aromatic heterocycles. The Morgan fingerprint density at radius 1 is 1.52 bits per heavy atom. The second-order valence-corrected chi connectivity index (χ2v) is 6.03. The number of carbonyl (C=O) groups excluding carboxylic acids is 1. The van der Waals surface area contributed by atoms with Crippen LogP contribution in [0.1, 0.15) is 18.9 Å². The van der Waals surface area contributed by atoms with Gasteiger partial charge in [-0.25, -0.2) is 14.0 Å². The quantitative estimate of drug-likeness (QED) is 0.900. The first kappa shape index (κ1) is 15.6. The van der Waals surface area contributed by atoms with Crippen LogP contribution in [-0.2, 0) is 4.79 Å². The van der Waals surface area contributed by atoms with Crippen molar-refractivity contribution >= 4 is 29.4 Å². The summed E-state index contributed by atoms with van der Waals surface area (Å²) < 4.78 is 13.8. The summed E-state index contributed by atoms with van der Waals surface area (Å²) in [5.41, 5.74) is 0.688. The third-order valence-electron chi connectivity index (χ3n) is 3.42. The van der Waals surface area contributed by atoms with Crippen LogP contribution in [0.25, 0.3) is 0 Å². The van der Waals surface area contributed by atoms with Gasteiger partial charge >= 0.3 is 12.0 Å². The molecule has 0 spiro atoms. The summed E-state index contributed by atoms with van der Waals surface area (Å²) in [6, 6.07) is 3.04. The number of aryl methyl sites for hydroxylation is 1. The lowest BCUT2D eigenvalue weighted by molar-refractivity contribution is -0.141. The fourth-order valence-electron chi connectivity index (χ4n) is 2.30. The van der Waals surface area contributed by atoms with Gasteiger partial charge < -0.3 is 10.4 Å². The van der Waals surface area contributed by atoms with Crippen LogP contribution in [0.4, 0.5) is 14.9 Å². The molecule has 2 atom stereocenters. The van der Waals surface area contributed by atoms with Gasteiger partial charge in [-0.1, -0.05) is 19.1 Å². The number of carbonyl (C=O) groups is 2. The monoisotopic (exact) mass is 312 g/mol. The van der Waals surface area contributed by atoms with Crippen molar-refractivity contribution in [1.82, 2.24) is 4.90 Å². The molecular formula is C14H17FN2O3S. The normalized spacial score (nSPS) is 21.4. The molecule has 0 bridgehead atoms. The lowest BCUT2D eigenvalue weighted by atomic mass is 10.2. The van der Waals surface area contributed by atoms with Crippen LogP contribution in [0.3, 0.4) is 0 Å². The van der Waals surface area contributed by atoms with Crippen molar-refractivity contribution < 1.29 is 19.1 Å². The zero-order valence-corrected chi connectivity index (χ0v) is 12.6. The van der Waals surface area contributed by atoms with E-state index in [-0.39, 0.29) is 11.1 Å². The van der Waals surface area contributed by atoms with Gasteiger partial charge in [0, 0.05) is 5.75 Å². The molecule has 2 rings (SSSR count). The molecule has 0 saturated carbocycles. The standard InChI is InChI=1S/C14H17FN2O3S/c1-3-11-17(10(7-21-11)13(18)19)14(20)16-12-8(2)5-4-6-9(12)15/h4-6,10-11H,3,7H2,1-2H3,(H,16,20)(H,18,19). The first-order valence-corrected chi connectivity index (χ1v) is 7.69. The van der Waals surface area contributed by atoms with Gasteiger partial charge in [0.05, 0.1) is 11.1 Å². The van der Waals surface area contributed by atoms with E-state index in [0.717, 1.165) is 0 Å². The van der Waals surface area contributed by atoms with Crippen LogP contribution in [0.2, 0.25) is 0 Å². The molecule has 2 amide bonds. The number of anilines is 1. The van der Waals surface area contributed by atoms with E-state index >= 15 is 0 Å². The number of para-hydroxylation sites is 1. The molecule has 0 radical (unpaired) electrons. The number of benzene rings is 1. The summed E-state index contributed by atoms with van der Waals surface area (Å²) in [6.07, 6.45) is 0.637. The predicted molar refractivity (Wildman–Crippen MR) is 80.0 cm³/mol. The highest BCUT2D eigenvalue weighted by atomic mass is 32.2. The van der Waals surface area contributed by atoms with Crippen LogP contribution < -0.4 is 5.32 Å². The lowest BCUT2D eigenvalue weighted by Crippen LogP contribution is -2.47. The van der Waals surface area contributed by atoms with Gasteiger partial charge in [-0.2, -0.15) is 0 Å². The fraction of sp³-hybridized carbons (Fsp3) is 0.429. The minimum Gasteiger partial charge on any atom is -0.480 e. The largest absolute Gasteiger partial charge is 0.480 e. The number of halogens is 1. The molecule has 1 heterocycles. The zero-order chi connectivity index (χ0) is 15.6. The van der Waals surface area contributed by atoms with Gasteiger partial charge in [0.1, 0.15) is 11.9 Å². The molecule has 1 aromatic rings. The van der Waals surface area contributed by atoms with E-state index in [1.54, 1.807) is 19.1 Å². The molecule has 1 saturated heterocycles. The molecule has 0 aliphatic carbocycles. The van der Waals surface area contributed by atoms with E-state index in [1.807, 2.05) is 6.92 Å². The van der Waals surface area contributed by atoms with Crippen LogP contribution in [-0.4, -0.2) is 39.2 Å². The topological polar surface area (TPSA) is 69.6 Å². The second-order valence-electron chi connectivity index (χ2n) is 4.82. The number of nitrogens with zero attached hydrogens (tertiary/aromatic N) is 1. The second kappa shape index (κ2) is 6.34. The Labute approximate surface area is 126 Å². The third kappa shape index (κ3) is 3.12. The number of carboxylic acids is 1. The van der Waals surface area contributed by atoms with Gasteiger partial charge in [0.15, 0.2) is 0 Å². The fourth-order valence-corrected chi connectivity index (χ4v) is 3.65.